The van der Waals surface area contributed by atoms with Crippen LogP contribution in [-0.4, -0.2) is 14.8 Å². The molecular formula is C15H13BrN4O. The molecule has 0 radical (unpaired) electrons. The van der Waals surface area contributed by atoms with Crippen LogP contribution in [0.3, 0.4) is 0 Å². The van der Waals surface area contributed by atoms with E-state index in [1.165, 1.54) is 0 Å². The van der Waals surface area contributed by atoms with E-state index in [2.05, 4.69) is 26.0 Å². The summed E-state index contributed by atoms with van der Waals surface area (Å²) in [7, 11) is 0. The number of nitrogens with zero attached hydrogens (tertiary/aromatic N) is 3. The van der Waals surface area contributed by atoms with E-state index in [0.717, 1.165) is 15.7 Å². The molecule has 0 aliphatic carbocycles. The molecule has 0 unspecified atom stereocenters. The predicted octanol–water partition coefficient (Wildman–Crippen LogP) is 3.28. The summed E-state index contributed by atoms with van der Waals surface area (Å²) < 4.78 is 8.22. The summed E-state index contributed by atoms with van der Waals surface area (Å²) in [5.74, 6) is 0.657. The Balaban J connectivity index is 1.80. The Morgan fingerprint density at radius 3 is 2.67 bits per heavy atom. The summed E-state index contributed by atoms with van der Waals surface area (Å²) in [6.45, 7) is 0.474. The Bertz CT molecular complexity index is 742. The molecule has 6 heteroatoms. The molecule has 5 nitrogen and oxygen atoms in total. The molecule has 3 aromatic rings. The Kier molecular flexibility index (Phi) is 3.98. The Morgan fingerprint density at radius 2 is 1.95 bits per heavy atom. The highest BCUT2D eigenvalue weighted by atomic mass is 79.9. The number of benzene rings is 2. The van der Waals surface area contributed by atoms with Crippen LogP contribution < -0.4 is 10.5 Å². The van der Waals surface area contributed by atoms with Crippen molar-refractivity contribution in [3.63, 3.8) is 0 Å². The largest absolute Gasteiger partial charge is 0.423 e. The third-order valence-corrected chi connectivity index (χ3v) is 3.68. The highest BCUT2D eigenvalue weighted by Crippen LogP contribution is 2.25. The van der Waals surface area contributed by atoms with Gasteiger partial charge in [-0.15, -0.1) is 5.10 Å². The predicted molar refractivity (Wildman–Crippen MR) is 83.5 cm³/mol. The summed E-state index contributed by atoms with van der Waals surface area (Å²) >= 11 is 3.46. The summed E-state index contributed by atoms with van der Waals surface area (Å²) in [6, 6.07) is 15.6. The van der Waals surface area contributed by atoms with Crippen LogP contribution in [0.5, 0.6) is 11.8 Å². The number of hydrogen-bond donors (Lipinski definition) is 1. The van der Waals surface area contributed by atoms with E-state index in [0.29, 0.717) is 18.3 Å². The van der Waals surface area contributed by atoms with Gasteiger partial charge in [-0.1, -0.05) is 40.2 Å². The molecule has 0 amide bonds. The van der Waals surface area contributed by atoms with Gasteiger partial charge in [-0.3, -0.25) is 0 Å². The average Bonchev–Trinajstić information content (AvgIpc) is 2.97. The van der Waals surface area contributed by atoms with Gasteiger partial charge in [-0.25, -0.2) is 4.68 Å². The highest BCUT2D eigenvalue weighted by molar-refractivity contribution is 9.10. The van der Waals surface area contributed by atoms with Crippen molar-refractivity contribution in [2.75, 3.05) is 0 Å². The molecule has 0 spiro atoms. The SMILES string of the molecule is NCc1ccc(Oc2ncn(-c3ccccc3)n2)cc1Br. The van der Waals surface area contributed by atoms with Gasteiger partial charge in [0.1, 0.15) is 12.1 Å². The van der Waals surface area contributed by atoms with Gasteiger partial charge in [0.2, 0.25) is 0 Å². The molecule has 2 aromatic carbocycles. The zero-order valence-electron chi connectivity index (χ0n) is 11.1. The number of ether oxygens (including phenoxy) is 1. The standard InChI is InChI=1S/C15H13BrN4O/c16-14-8-13(7-6-11(14)9-17)21-15-18-10-20(19-15)12-4-2-1-3-5-12/h1-8,10H,9,17H2. The molecule has 0 saturated carbocycles. The maximum Gasteiger partial charge on any atom is 0.341 e. The van der Waals surface area contributed by atoms with E-state index in [1.807, 2.05) is 48.5 Å². The topological polar surface area (TPSA) is 66.0 Å². The average molecular weight is 345 g/mol. The first-order valence-corrected chi connectivity index (χ1v) is 7.19. The molecule has 0 aliphatic rings. The van der Waals surface area contributed by atoms with Crippen molar-refractivity contribution in [3.8, 4) is 17.4 Å². The zero-order valence-corrected chi connectivity index (χ0v) is 12.7. The van der Waals surface area contributed by atoms with E-state index in [4.69, 9.17) is 10.5 Å². The van der Waals surface area contributed by atoms with Crippen LogP contribution in [0.15, 0.2) is 59.3 Å². The first-order chi connectivity index (χ1) is 10.3. The second-order valence-corrected chi connectivity index (χ2v) is 5.22. The van der Waals surface area contributed by atoms with Crippen molar-refractivity contribution in [1.29, 1.82) is 0 Å². The molecule has 2 N–H and O–H groups in total. The lowest BCUT2D eigenvalue weighted by Gasteiger charge is -2.05. The van der Waals surface area contributed by atoms with Crippen LogP contribution >= 0.6 is 15.9 Å². The Labute approximate surface area is 130 Å². The molecule has 0 fully saturated rings. The fourth-order valence-electron chi connectivity index (χ4n) is 1.86. The third kappa shape index (κ3) is 3.12. The van der Waals surface area contributed by atoms with Crippen LogP contribution in [0.2, 0.25) is 0 Å². The van der Waals surface area contributed by atoms with Crippen LogP contribution in [-0.2, 0) is 6.54 Å². The van der Waals surface area contributed by atoms with Crippen LogP contribution in [0.4, 0.5) is 0 Å². The van der Waals surface area contributed by atoms with E-state index < -0.39 is 0 Å². The number of aromatic nitrogens is 3. The minimum Gasteiger partial charge on any atom is -0.423 e. The molecule has 0 saturated heterocycles. The quantitative estimate of drug-likeness (QED) is 0.788. The normalized spacial score (nSPS) is 10.6. The van der Waals surface area contributed by atoms with E-state index >= 15 is 0 Å². The van der Waals surface area contributed by atoms with Gasteiger partial charge in [0, 0.05) is 11.0 Å². The first-order valence-electron chi connectivity index (χ1n) is 6.39. The lowest BCUT2D eigenvalue weighted by molar-refractivity contribution is 0.441. The third-order valence-electron chi connectivity index (χ3n) is 2.95. The molecule has 21 heavy (non-hydrogen) atoms. The molecule has 0 aliphatic heterocycles. The van der Waals surface area contributed by atoms with Crippen molar-refractivity contribution in [1.82, 2.24) is 14.8 Å². The van der Waals surface area contributed by atoms with Crippen molar-refractivity contribution >= 4 is 15.9 Å². The van der Waals surface area contributed by atoms with Crippen molar-refractivity contribution < 1.29 is 4.74 Å². The second-order valence-electron chi connectivity index (χ2n) is 4.37. The molecule has 106 valence electrons. The first kappa shape index (κ1) is 13.8. The van der Waals surface area contributed by atoms with Gasteiger partial charge in [0.05, 0.1) is 5.69 Å². The molecular weight excluding hydrogens is 332 g/mol. The minimum atomic E-state index is 0.297. The molecule has 0 atom stereocenters. The molecule has 3 rings (SSSR count). The summed E-state index contributed by atoms with van der Waals surface area (Å²) in [5, 5.41) is 4.29. The van der Waals surface area contributed by atoms with Crippen LogP contribution in [0, 0.1) is 0 Å². The summed E-state index contributed by atoms with van der Waals surface area (Å²) in [4.78, 5) is 4.15. The van der Waals surface area contributed by atoms with E-state index in [9.17, 15) is 0 Å². The van der Waals surface area contributed by atoms with E-state index in [1.54, 1.807) is 11.0 Å². The van der Waals surface area contributed by atoms with Crippen molar-refractivity contribution in [2.45, 2.75) is 6.54 Å². The second kappa shape index (κ2) is 6.07. The Hall–Kier alpha value is -2.18. The van der Waals surface area contributed by atoms with Crippen LogP contribution in [0.1, 0.15) is 5.56 Å². The fourth-order valence-corrected chi connectivity index (χ4v) is 2.38. The van der Waals surface area contributed by atoms with Crippen LogP contribution in [0.25, 0.3) is 5.69 Å². The van der Waals surface area contributed by atoms with E-state index in [-0.39, 0.29) is 0 Å². The van der Waals surface area contributed by atoms with Gasteiger partial charge in [-0.2, -0.15) is 4.98 Å². The van der Waals surface area contributed by atoms with Gasteiger partial charge >= 0.3 is 6.01 Å². The van der Waals surface area contributed by atoms with Gasteiger partial charge in [-0.05, 0) is 29.8 Å². The number of para-hydroxylation sites is 1. The Morgan fingerprint density at radius 1 is 1.14 bits per heavy atom. The van der Waals surface area contributed by atoms with Crippen molar-refractivity contribution in [3.05, 3.63) is 64.9 Å². The maximum absolute atomic E-state index is 5.65. The lowest BCUT2D eigenvalue weighted by atomic mass is 10.2. The number of halogens is 1. The molecule has 1 heterocycles. The molecule has 0 bridgehead atoms. The monoisotopic (exact) mass is 344 g/mol. The summed E-state index contributed by atoms with van der Waals surface area (Å²) in [5.41, 5.74) is 7.57. The van der Waals surface area contributed by atoms with Gasteiger partial charge in [0.15, 0.2) is 0 Å². The zero-order chi connectivity index (χ0) is 14.7. The van der Waals surface area contributed by atoms with Gasteiger partial charge in [0.25, 0.3) is 0 Å². The fraction of sp³-hybridized carbons (Fsp3) is 0.0667. The number of hydrogen-bond acceptors (Lipinski definition) is 4. The molecule has 1 aromatic heterocycles. The minimum absolute atomic E-state index is 0.297. The lowest BCUT2D eigenvalue weighted by Crippen LogP contribution is -1.98. The van der Waals surface area contributed by atoms with Gasteiger partial charge < -0.3 is 10.5 Å². The van der Waals surface area contributed by atoms with Crippen molar-refractivity contribution in [2.24, 2.45) is 5.73 Å². The maximum atomic E-state index is 5.65. The highest BCUT2D eigenvalue weighted by Gasteiger charge is 2.06. The number of nitrogens with two attached hydrogens (primary N) is 1. The number of rotatable bonds is 4. The summed E-state index contributed by atoms with van der Waals surface area (Å²) in [6.07, 6.45) is 1.62. The smallest absolute Gasteiger partial charge is 0.341 e.